The van der Waals surface area contributed by atoms with E-state index in [0.717, 1.165) is 42.9 Å². The maximum absolute atomic E-state index is 14.3. The number of aliphatic hydroxyl groups is 1. The molecule has 5 atom stereocenters. The van der Waals surface area contributed by atoms with Crippen molar-refractivity contribution in [3.63, 3.8) is 0 Å². The topological polar surface area (TPSA) is 107 Å². The molecule has 0 bridgehead atoms. The van der Waals surface area contributed by atoms with E-state index in [0.29, 0.717) is 19.3 Å². The van der Waals surface area contributed by atoms with E-state index in [1.54, 1.807) is 4.90 Å². The average molecular weight is 604 g/mol. The summed E-state index contributed by atoms with van der Waals surface area (Å²) in [6.07, 6.45) is -3.82. The van der Waals surface area contributed by atoms with E-state index in [9.17, 15) is 36.6 Å². The molecule has 2 aromatic heterocycles. The van der Waals surface area contributed by atoms with Crippen LogP contribution in [-0.2, 0) is 0 Å². The Bertz CT molecular complexity index is 1260. The van der Waals surface area contributed by atoms with Gasteiger partial charge < -0.3 is 20.6 Å². The van der Waals surface area contributed by atoms with Crippen molar-refractivity contribution < 1.29 is 36.6 Å². The summed E-state index contributed by atoms with van der Waals surface area (Å²) in [5.74, 6) is -1.56. The molecule has 1 saturated heterocycles. The number of carbonyl (C=O) groups excluding carboxylic acids is 2. The lowest BCUT2D eigenvalue weighted by atomic mass is 10.1. The van der Waals surface area contributed by atoms with E-state index in [1.165, 1.54) is 6.92 Å². The Morgan fingerprint density at radius 2 is 1.93 bits per heavy atom. The van der Waals surface area contributed by atoms with Crippen LogP contribution in [0, 0.1) is 0 Å². The minimum Gasteiger partial charge on any atom is -0.391 e. The van der Waals surface area contributed by atoms with Crippen molar-refractivity contribution in [2.75, 3.05) is 5.32 Å². The first kappa shape index (κ1) is 31.1. The summed E-state index contributed by atoms with van der Waals surface area (Å²) >= 11 is 0.737. The molecule has 2 amide bonds. The number of thiazole rings is 1. The first-order valence-corrected chi connectivity index (χ1v) is 14.6. The van der Waals surface area contributed by atoms with Crippen molar-refractivity contribution in [1.82, 2.24) is 20.2 Å². The molecule has 0 aromatic carbocycles. The molecule has 0 spiro atoms. The third-order valence-corrected chi connectivity index (χ3v) is 8.94. The van der Waals surface area contributed by atoms with Gasteiger partial charge in [-0.3, -0.25) is 9.59 Å². The average Bonchev–Trinajstić information content (AvgIpc) is 3.64. The van der Waals surface area contributed by atoms with Gasteiger partial charge in [-0.15, -0.1) is 11.3 Å². The van der Waals surface area contributed by atoms with E-state index in [-0.39, 0.29) is 39.6 Å². The monoisotopic (exact) mass is 603 g/mol. The number of rotatable bonds is 9. The Hall–Kier alpha value is -2.87. The second kappa shape index (κ2) is 12.6. The number of nitrogens with zero attached hydrogens (tertiary/aromatic N) is 3. The summed E-state index contributed by atoms with van der Waals surface area (Å²) in [6, 6.07) is -1.88. The highest BCUT2D eigenvalue weighted by Crippen LogP contribution is 2.40. The van der Waals surface area contributed by atoms with Crippen molar-refractivity contribution in [3.8, 4) is 10.4 Å². The van der Waals surface area contributed by atoms with Crippen molar-refractivity contribution in [2.45, 2.75) is 109 Å². The number of halogens is 5. The molecule has 41 heavy (non-hydrogen) atoms. The van der Waals surface area contributed by atoms with Crippen molar-refractivity contribution >= 4 is 29.0 Å². The van der Waals surface area contributed by atoms with Crippen molar-refractivity contribution in [2.24, 2.45) is 0 Å². The third kappa shape index (κ3) is 6.63. The number of hydrogen-bond donors (Lipinski definition) is 3. The molecule has 3 heterocycles. The highest BCUT2D eigenvalue weighted by molar-refractivity contribution is 7.17. The minimum absolute atomic E-state index is 0.0155. The molecule has 1 aliphatic heterocycles. The summed E-state index contributed by atoms with van der Waals surface area (Å²) in [7, 11) is 0. The molecule has 2 aliphatic rings. The second-order valence-corrected chi connectivity index (χ2v) is 11.6. The maximum atomic E-state index is 14.3. The summed E-state index contributed by atoms with van der Waals surface area (Å²) in [5, 5.41) is 14.9. The first-order valence-electron chi connectivity index (χ1n) is 13.8. The van der Waals surface area contributed by atoms with Crippen LogP contribution in [0.2, 0.25) is 0 Å². The molecule has 8 nitrogen and oxygen atoms in total. The van der Waals surface area contributed by atoms with E-state index >= 15 is 0 Å². The van der Waals surface area contributed by atoms with E-state index in [2.05, 4.69) is 20.6 Å². The molecule has 1 saturated carbocycles. The third-order valence-electron chi connectivity index (χ3n) is 7.85. The Morgan fingerprint density at radius 1 is 1.20 bits per heavy atom. The lowest BCUT2D eigenvalue weighted by molar-refractivity contribution is -0.142. The van der Waals surface area contributed by atoms with Gasteiger partial charge in [0.25, 0.3) is 18.2 Å². The number of anilines is 1. The summed E-state index contributed by atoms with van der Waals surface area (Å²) in [6.45, 7) is 5.13. The van der Waals surface area contributed by atoms with Gasteiger partial charge in [0.15, 0.2) is 5.01 Å². The molecule has 3 N–H and O–H groups in total. The molecule has 2 aromatic rings. The number of amides is 2. The van der Waals surface area contributed by atoms with Gasteiger partial charge in [-0.05, 0) is 57.9 Å². The van der Waals surface area contributed by atoms with Crippen LogP contribution in [0.5, 0.6) is 0 Å². The quantitative estimate of drug-likeness (QED) is 0.306. The summed E-state index contributed by atoms with van der Waals surface area (Å²) < 4.78 is 68.6. The summed E-state index contributed by atoms with van der Waals surface area (Å²) in [5.41, 5.74) is -1.02. The number of hydrogen-bond acceptors (Lipinski definition) is 7. The van der Waals surface area contributed by atoms with E-state index in [4.69, 9.17) is 0 Å². The normalized spacial score (nSPS) is 23.7. The van der Waals surface area contributed by atoms with Crippen LogP contribution in [0.4, 0.5) is 27.8 Å². The molecular weight excluding hydrogens is 569 g/mol. The highest BCUT2D eigenvalue weighted by atomic mass is 32.1. The van der Waals surface area contributed by atoms with Crippen LogP contribution < -0.4 is 10.6 Å². The molecule has 2 unspecified atom stereocenters. The second-order valence-electron chi connectivity index (χ2n) is 10.6. The summed E-state index contributed by atoms with van der Waals surface area (Å²) in [4.78, 5) is 36.9. The Morgan fingerprint density at radius 3 is 2.51 bits per heavy atom. The number of nitrogens with one attached hydrogen (secondary N) is 2. The first-order chi connectivity index (χ1) is 19.3. The van der Waals surface area contributed by atoms with Gasteiger partial charge in [-0.1, -0.05) is 13.8 Å². The molecule has 1 aliphatic carbocycles. The largest absolute Gasteiger partial charge is 0.408 e. The number of aliphatic hydroxyl groups excluding tert-OH is 1. The van der Waals surface area contributed by atoms with Gasteiger partial charge in [0.05, 0.1) is 17.0 Å². The van der Waals surface area contributed by atoms with Gasteiger partial charge in [-0.2, -0.15) is 13.2 Å². The van der Waals surface area contributed by atoms with Gasteiger partial charge in [0.1, 0.15) is 17.6 Å². The van der Waals surface area contributed by atoms with Crippen molar-refractivity contribution in [3.05, 3.63) is 28.5 Å². The SMILES string of the molecule is CCC1CCC(C)N1C(=O)c1nc(C(=O)N[C@@H]2CCC[C@H]2O)sc1-c1cnc(N[C@@H](CC)C(F)(F)F)cc1C(F)F. The van der Waals surface area contributed by atoms with E-state index in [1.807, 2.05) is 13.8 Å². The fraction of sp³-hybridized carbons (Fsp3) is 0.630. The number of pyridine rings is 1. The predicted octanol–water partition coefficient (Wildman–Crippen LogP) is 5.94. The fourth-order valence-electron chi connectivity index (χ4n) is 5.56. The highest BCUT2D eigenvalue weighted by Gasteiger charge is 2.40. The fourth-order valence-corrected chi connectivity index (χ4v) is 6.55. The zero-order valence-corrected chi connectivity index (χ0v) is 23.8. The molecule has 0 radical (unpaired) electrons. The maximum Gasteiger partial charge on any atom is 0.408 e. The van der Waals surface area contributed by atoms with Gasteiger partial charge in [0.2, 0.25) is 0 Å². The molecular formula is C27H34F5N5O3S. The van der Waals surface area contributed by atoms with E-state index < -0.39 is 54.0 Å². The van der Waals surface area contributed by atoms with Crippen LogP contribution in [0.15, 0.2) is 12.3 Å². The lowest BCUT2D eigenvalue weighted by Gasteiger charge is -2.27. The number of likely N-dealkylation sites (tertiary alicyclic amines) is 1. The van der Waals surface area contributed by atoms with Gasteiger partial charge >= 0.3 is 6.18 Å². The molecule has 14 heteroatoms. The predicted molar refractivity (Wildman–Crippen MR) is 144 cm³/mol. The Labute approximate surface area is 238 Å². The standard InChI is InChI=1S/C27H34F5N5O3S/c1-4-14-10-9-13(3)37(14)26(40)21-22(41-25(36-21)24(39)34-17-7-6-8-18(17)38)16-12-33-20(11-15(16)23(28)29)35-19(5-2)27(30,31)32/h11-14,17-19,23,38H,4-10H2,1-3H3,(H,33,35)(H,34,39)/t13?,14?,17-,18-,19+/m1/s1. The number of alkyl halides is 5. The zero-order valence-electron chi connectivity index (χ0n) is 23.0. The van der Waals surface area contributed by atoms with Crippen LogP contribution in [0.25, 0.3) is 10.4 Å². The van der Waals surface area contributed by atoms with Crippen LogP contribution >= 0.6 is 11.3 Å². The van der Waals surface area contributed by atoms with Gasteiger partial charge in [-0.25, -0.2) is 18.7 Å². The lowest BCUT2D eigenvalue weighted by Crippen LogP contribution is -2.40. The smallest absolute Gasteiger partial charge is 0.391 e. The molecule has 4 rings (SSSR count). The molecule has 2 fully saturated rings. The van der Waals surface area contributed by atoms with Crippen LogP contribution in [-0.4, -0.2) is 68.2 Å². The molecule has 226 valence electrons. The zero-order chi connectivity index (χ0) is 30.1. The van der Waals surface area contributed by atoms with Gasteiger partial charge in [0, 0.05) is 29.4 Å². The minimum atomic E-state index is -4.62. The Kier molecular flexibility index (Phi) is 9.52. The van der Waals surface area contributed by atoms with Crippen LogP contribution in [0.3, 0.4) is 0 Å². The van der Waals surface area contributed by atoms with Crippen LogP contribution in [0.1, 0.15) is 98.0 Å². The Balaban J connectivity index is 1.77. The number of aromatic nitrogens is 2. The van der Waals surface area contributed by atoms with Crippen molar-refractivity contribution in [1.29, 1.82) is 0 Å². The number of carbonyl (C=O) groups is 2.